The van der Waals surface area contributed by atoms with Crippen LogP contribution >= 0.6 is 0 Å². The van der Waals surface area contributed by atoms with Crippen molar-refractivity contribution in [3.63, 3.8) is 0 Å². The van der Waals surface area contributed by atoms with Gasteiger partial charge >= 0.3 is 0 Å². The molecule has 0 spiro atoms. The maximum absolute atomic E-state index is 3.46. The van der Waals surface area contributed by atoms with Crippen molar-refractivity contribution in [1.29, 1.82) is 0 Å². The molecule has 106 valence electrons. The summed E-state index contributed by atoms with van der Waals surface area (Å²) in [4.78, 5) is 2.64. The predicted octanol–water partition coefficient (Wildman–Crippen LogP) is 3.41. The highest BCUT2D eigenvalue weighted by atomic mass is 15.2. The van der Waals surface area contributed by atoms with E-state index < -0.39 is 0 Å². The first-order chi connectivity index (χ1) is 9.88. The van der Waals surface area contributed by atoms with Crippen LogP contribution in [0.25, 0.3) is 10.8 Å². The number of hydrogen-bond donors (Lipinski definition) is 1. The van der Waals surface area contributed by atoms with E-state index in [0.29, 0.717) is 0 Å². The molecule has 1 fully saturated rings. The van der Waals surface area contributed by atoms with Crippen LogP contribution in [0.2, 0.25) is 0 Å². The van der Waals surface area contributed by atoms with E-state index in [0.717, 1.165) is 32.2 Å². The van der Waals surface area contributed by atoms with Gasteiger partial charge in [-0.25, -0.2) is 0 Å². The monoisotopic (exact) mass is 268 g/mol. The van der Waals surface area contributed by atoms with Gasteiger partial charge in [-0.15, -0.1) is 0 Å². The summed E-state index contributed by atoms with van der Waals surface area (Å²) in [6.07, 6.45) is 2.55. The molecule has 0 aromatic heterocycles. The van der Waals surface area contributed by atoms with Crippen molar-refractivity contribution in [2.45, 2.75) is 32.4 Å². The first-order valence-corrected chi connectivity index (χ1v) is 7.80. The van der Waals surface area contributed by atoms with Gasteiger partial charge in [0.1, 0.15) is 0 Å². The van der Waals surface area contributed by atoms with Crippen LogP contribution in [0.15, 0.2) is 42.5 Å². The average Bonchev–Trinajstić information content (AvgIpc) is 2.53. The molecule has 1 heterocycles. The van der Waals surface area contributed by atoms with E-state index in [-0.39, 0.29) is 0 Å². The molecule has 0 bridgehead atoms. The summed E-state index contributed by atoms with van der Waals surface area (Å²) in [5, 5.41) is 6.22. The minimum atomic E-state index is 0.736. The van der Waals surface area contributed by atoms with Crippen LogP contribution < -0.4 is 5.32 Å². The van der Waals surface area contributed by atoms with Gasteiger partial charge in [-0.1, -0.05) is 49.4 Å². The highest BCUT2D eigenvalue weighted by molar-refractivity contribution is 5.85. The van der Waals surface area contributed by atoms with Crippen LogP contribution in [0.1, 0.15) is 25.3 Å². The van der Waals surface area contributed by atoms with Crippen LogP contribution in [0.3, 0.4) is 0 Å². The Morgan fingerprint density at radius 3 is 2.60 bits per heavy atom. The Balaban J connectivity index is 1.83. The summed E-state index contributed by atoms with van der Waals surface area (Å²) in [5.41, 5.74) is 1.46. The Hall–Kier alpha value is -1.38. The van der Waals surface area contributed by atoms with E-state index >= 15 is 0 Å². The molecule has 1 aliphatic heterocycles. The largest absolute Gasteiger partial charge is 0.317 e. The molecule has 0 radical (unpaired) electrons. The van der Waals surface area contributed by atoms with E-state index in [9.17, 15) is 0 Å². The van der Waals surface area contributed by atoms with E-state index in [2.05, 4.69) is 59.6 Å². The van der Waals surface area contributed by atoms with Crippen LogP contribution in [-0.2, 0) is 6.54 Å². The first kappa shape index (κ1) is 13.6. The fourth-order valence-electron chi connectivity index (χ4n) is 3.32. The molecule has 1 N–H and O–H groups in total. The summed E-state index contributed by atoms with van der Waals surface area (Å²) in [7, 11) is 0. The second-order valence-corrected chi connectivity index (χ2v) is 5.68. The summed E-state index contributed by atoms with van der Waals surface area (Å²) >= 11 is 0. The van der Waals surface area contributed by atoms with Gasteiger partial charge in [0, 0.05) is 12.6 Å². The lowest BCUT2D eigenvalue weighted by molar-refractivity contribution is 0.163. The minimum absolute atomic E-state index is 0.736. The first-order valence-electron chi connectivity index (χ1n) is 7.80. The zero-order valence-electron chi connectivity index (χ0n) is 12.3. The van der Waals surface area contributed by atoms with Crippen molar-refractivity contribution in [3.05, 3.63) is 48.0 Å². The second kappa shape index (κ2) is 6.38. The van der Waals surface area contributed by atoms with Gasteiger partial charge in [-0.2, -0.15) is 0 Å². The Kier molecular flexibility index (Phi) is 4.34. The summed E-state index contributed by atoms with van der Waals surface area (Å²) < 4.78 is 0. The highest BCUT2D eigenvalue weighted by Crippen LogP contribution is 2.22. The summed E-state index contributed by atoms with van der Waals surface area (Å²) in [5.74, 6) is 0. The average molecular weight is 268 g/mol. The number of nitrogens with zero attached hydrogens (tertiary/aromatic N) is 1. The number of benzene rings is 2. The van der Waals surface area contributed by atoms with Crippen LogP contribution in [-0.4, -0.2) is 30.6 Å². The van der Waals surface area contributed by atoms with Crippen molar-refractivity contribution in [2.24, 2.45) is 0 Å². The molecule has 0 atom stereocenters. The molecule has 0 saturated carbocycles. The fourth-order valence-corrected chi connectivity index (χ4v) is 3.32. The molecule has 0 unspecified atom stereocenters. The number of hydrogen-bond acceptors (Lipinski definition) is 2. The lowest BCUT2D eigenvalue weighted by Crippen LogP contribution is -2.42. The molecule has 1 aliphatic rings. The molecule has 2 heteroatoms. The van der Waals surface area contributed by atoms with Crippen LogP contribution in [0.5, 0.6) is 0 Å². The standard InChI is InChI=1S/C18H24N2/c1-2-20(17-10-12-19-13-11-17)14-16-8-5-7-15-6-3-4-9-18(15)16/h3-9,17,19H,2,10-14H2,1H3. The smallest absolute Gasteiger partial charge is 0.0242 e. The number of fused-ring (bicyclic) bond motifs is 1. The van der Waals surface area contributed by atoms with Gasteiger partial charge in [-0.3, -0.25) is 4.90 Å². The molecule has 2 nitrogen and oxygen atoms in total. The molecule has 0 aliphatic carbocycles. The molecule has 0 amide bonds. The molecule has 1 saturated heterocycles. The van der Waals surface area contributed by atoms with Gasteiger partial charge in [0.25, 0.3) is 0 Å². The lowest BCUT2D eigenvalue weighted by Gasteiger charge is -2.34. The molecular weight excluding hydrogens is 244 g/mol. The van der Waals surface area contributed by atoms with Gasteiger partial charge in [0.15, 0.2) is 0 Å². The van der Waals surface area contributed by atoms with E-state index in [1.807, 2.05) is 0 Å². The topological polar surface area (TPSA) is 15.3 Å². The summed E-state index contributed by atoms with van der Waals surface area (Å²) in [6.45, 7) is 6.82. The van der Waals surface area contributed by atoms with Gasteiger partial charge < -0.3 is 5.32 Å². The Morgan fingerprint density at radius 1 is 1.05 bits per heavy atom. The van der Waals surface area contributed by atoms with Crippen molar-refractivity contribution >= 4 is 10.8 Å². The SMILES string of the molecule is CCN(Cc1cccc2ccccc12)C1CCNCC1. The zero-order chi connectivity index (χ0) is 13.8. The zero-order valence-corrected chi connectivity index (χ0v) is 12.3. The molecule has 2 aromatic carbocycles. The fraction of sp³-hybridized carbons (Fsp3) is 0.444. The van der Waals surface area contributed by atoms with Gasteiger partial charge in [0.05, 0.1) is 0 Å². The Morgan fingerprint density at radius 2 is 1.80 bits per heavy atom. The third-order valence-corrected chi connectivity index (χ3v) is 4.48. The van der Waals surface area contributed by atoms with E-state index in [4.69, 9.17) is 0 Å². The molecule has 20 heavy (non-hydrogen) atoms. The van der Waals surface area contributed by atoms with Crippen molar-refractivity contribution in [2.75, 3.05) is 19.6 Å². The number of piperidine rings is 1. The minimum Gasteiger partial charge on any atom is -0.317 e. The second-order valence-electron chi connectivity index (χ2n) is 5.68. The Labute approximate surface area is 121 Å². The van der Waals surface area contributed by atoms with Crippen molar-refractivity contribution < 1.29 is 0 Å². The van der Waals surface area contributed by atoms with E-state index in [1.165, 1.54) is 29.2 Å². The highest BCUT2D eigenvalue weighted by Gasteiger charge is 2.20. The third kappa shape index (κ3) is 2.87. The summed E-state index contributed by atoms with van der Waals surface area (Å²) in [6, 6.07) is 16.1. The van der Waals surface area contributed by atoms with Crippen LogP contribution in [0.4, 0.5) is 0 Å². The van der Waals surface area contributed by atoms with Crippen molar-refractivity contribution in [3.8, 4) is 0 Å². The molecule has 3 rings (SSSR count). The normalized spacial score (nSPS) is 16.9. The quantitative estimate of drug-likeness (QED) is 0.914. The van der Waals surface area contributed by atoms with Crippen LogP contribution in [0, 0.1) is 0 Å². The third-order valence-electron chi connectivity index (χ3n) is 4.48. The lowest BCUT2D eigenvalue weighted by atomic mass is 10.0. The molecular formula is C18H24N2. The Bertz CT molecular complexity index is 553. The maximum Gasteiger partial charge on any atom is 0.0242 e. The van der Waals surface area contributed by atoms with E-state index in [1.54, 1.807) is 0 Å². The van der Waals surface area contributed by atoms with Gasteiger partial charge in [-0.05, 0) is 48.8 Å². The van der Waals surface area contributed by atoms with Gasteiger partial charge in [0.2, 0.25) is 0 Å². The number of rotatable bonds is 4. The predicted molar refractivity (Wildman–Crippen MR) is 85.9 cm³/mol. The van der Waals surface area contributed by atoms with Crippen molar-refractivity contribution in [1.82, 2.24) is 10.2 Å². The number of nitrogens with one attached hydrogen (secondary N) is 1. The molecule has 2 aromatic rings. The maximum atomic E-state index is 3.46.